The standard InChI is InChI=1S/C10H19NO/c1-9(8-12)7-11-10-5-3-2-4-6-10/h2-3,9-12H,4-8H2,1H3. The van der Waals surface area contributed by atoms with Crippen LogP contribution in [0.5, 0.6) is 0 Å². The summed E-state index contributed by atoms with van der Waals surface area (Å²) in [6.45, 7) is 3.29. The first kappa shape index (κ1) is 9.75. The lowest BCUT2D eigenvalue weighted by atomic mass is 10.0. The van der Waals surface area contributed by atoms with E-state index in [1.165, 1.54) is 12.8 Å². The van der Waals surface area contributed by atoms with E-state index in [0.29, 0.717) is 12.0 Å². The minimum atomic E-state index is 0.287. The normalized spacial score (nSPS) is 25.7. The molecule has 2 heteroatoms. The molecule has 0 aromatic heterocycles. The summed E-state index contributed by atoms with van der Waals surface area (Å²) in [5.74, 6) is 0.385. The third kappa shape index (κ3) is 3.37. The summed E-state index contributed by atoms with van der Waals surface area (Å²) in [7, 11) is 0. The van der Waals surface area contributed by atoms with Gasteiger partial charge in [-0.05, 0) is 25.2 Å². The molecule has 0 aromatic rings. The van der Waals surface area contributed by atoms with E-state index in [1.807, 2.05) is 0 Å². The van der Waals surface area contributed by atoms with Crippen LogP contribution in [0, 0.1) is 5.92 Å². The van der Waals surface area contributed by atoms with Crippen molar-refractivity contribution in [3.05, 3.63) is 12.2 Å². The van der Waals surface area contributed by atoms with Crippen LogP contribution in [0.3, 0.4) is 0 Å². The minimum Gasteiger partial charge on any atom is -0.396 e. The van der Waals surface area contributed by atoms with Crippen molar-refractivity contribution in [1.82, 2.24) is 5.32 Å². The molecule has 70 valence electrons. The quantitative estimate of drug-likeness (QED) is 0.622. The van der Waals surface area contributed by atoms with Gasteiger partial charge in [-0.1, -0.05) is 19.1 Å². The number of rotatable bonds is 4. The van der Waals surface area contributed by atoms with Gasteiger partial charge in [0, 0.05) is 19.2 Å². The lowest BCUT2D eigenvalue weighted by Gasteiger charge is -2.21. The van der Waals surface area contributed by atoms with Gasteiger partial charge in [-0.25, -0.2) is 0 Å². The number of allylic oxidation sites excluding steroid dienone is 1. The molecule has 12 heavy (non-hydrogen) atoms. The summed E-state index contributed by atoms with van der Waals surface area (Å²) in [6, 6.07) is 0.643. The molecule has 0 radical (unpaired) electrons. The summed E-state index contributed by atoms with van der Waals surface area (Å²) < 4.78 is 0. The Balaban J connectivity index is 2.10. The van der Waals surface area contributed by atoms with Crippen LogP contribution in [0.1, 0.15) is 26.2 Å². The molecular weight excluding hydrogens is 150 g/mol. The van der Waals surface area contributed by atoms with Crippen molar-refractivity contribution in [3.8, 4) is 0 Å². The number of nitrogens with one attached hydrogen (secondary N) is 1. The molecule has 2 N–H and O–H groups in total. The first-order valence-corrected chi connectivity index (χ1v) is 4.82. The second-order valence-electron chi connectivity index (χ2n) is 3.68. The molecule has 2 unspecified atom stereocenters. The van der Waals surface area contributed by atoms with E-state index in [1.54, 1.807) is 0 Å². The van der Waals surface area contributed by atoms with E-state index in [0.717, 1.165) is 13.0 Å². The lowest BCUT2D eigenvalue weighted by molar-refractivity contribution is 0.229. The fourth-order valence-corrected chi connectivity index (χ4v) is 1.41. The van der Waals surface area contributed by atoms with Crippen molar-refractivity contribution in [3.63, 3.8) is 0 Å². The van der Waals surface area contributed by atoms with Gasteiger partial charge in [-0.2, -0.15) is 0 Å². The van der Waals surface area contributed by atoms with Gasteiger partial charge in [0.05, 0.1) is 0 Å². The third-order valence-electron chi connectivity index (χ3n) is 2.34. The van der Waals surface area contributed by atoms with E-state index in [2.05, 4.69) is 24.4 Å². The zero-order chi connectivity index (χ0) is 8.81. The Bertz CT molecular complexity index is 145. The minimum absolute atomic E-state index is 0.287. The van der Waals surface area contributed by atoms with Crippen LogP contribution in [0.15, 0.2) is 12.2 Å². The van der Waals surface area contributed by atoms with Gasteiger partial charge in [0.2, 0.25) is 0 Å². The van der Waals surface area contributed by atoms with Crippen LogP contribution < -0.4 is 5.32 Å². The fraction of sp³-hybridized carbons (Fsp3) is 0.800. The zero-order valence-electron chi connectivity index (χ0n) is 7.79. The topological polar surface area (TPSA) is 32.3 Å². The Labute approximate surface area is 74.7 Å². The smallest absolute Gasteiger partial charge is 0.0468 e. The Kier molecular flexibility index (Phi) is 4.33. The summed E-state index contributed by atoms with van der Waals surface area (Å²) in [5.41, 5.74) is 0. The first-order chi connectivity index (χ1) is 5.83. The Morgan fingerprint density at radius 1 is 1.58 bits per heavy atom. The molecule has 0 bridgehead atoms. The van der Waals surface area contributed by atoms with Crippen molar-refractivity contribution < 1.29 is 5.11 Å². The predicted octanol–water partition coefficient (Wildman–Crippen LogP) is 1.31. The lowest BCUT2D eigenvalue weighted by Crippen LogP contribution is -2.34. The van der Waals surface area contributed by atoms with Gasteiger partial charge < -0.3 is 10.4 Å². The molecule has 0 saturated heterocycles. The summed E-state index contributed by atoms with van der Waals surface area (Å²) in [4.78, 5) is 0. The molecule has 0 spiro atoms. The van der Waals surface area contributed by atoms with Gasteiger partial charge in [0.15, 0.2) is 0 Å². The molecule has 1 aliphatic carbocycles. The van der Waals surface area contributed by atoms with Crippen molar-refractivity contribution >= 4 is 0 Å². The Morgan fingerprint density at radius 2 is 2.42 bits per heavy atom. The van der Waals surface area contributed by atoms with Gasteiger partial charge in [0.25, 0.3) is 0 Å². The van der Waals surface area contributed by atoms with E-state index in [-0.39, 0.29) is 6.61 Å². The van der Waals surface area contributed by atoms with E-state index >= 15 is 0 Å². The summed E-state index contributed by atoms with van der Waals surface area (Å²) in [6.07, 6.45) is 8.08. The maximum Gasteiger partial charge on any atom is 0.0468 e. The second-order valence-corrected chi connectivity index (χ2v) is 3.68. The molecular formula is C10H19NO. The zero-order valence-corrected chi connectivity index (χ0v) is 7.79. The van der Waals surface area contributed by atoms with Crippen LogP contribution in [0.25, 0.3) is 0 Å². The van der Waals surface area contributed by atoms with E-state index in [4.69, 9.17) is 5.11 Å². The number of hydrogen-bond donors (Lipinski definition) is 2. The van der Waals surface area contributed by atoms with Crippen LogP contribution in [-0.2, 0) is 0 Å². The number of hydrogen-bond acceptors (Lipinski definition) is 2. The molecule has 1 rings (SSSR count). The van der Waals surface area contributed by atoms with Gasteiger partial charge in [-0.15, -0.1) is 0 Å². The van der Waals surface area contributed by atoms with Crippen LogP contribution >= 0.6 is 0 Å². The fourth-order valence-electron chi connectivity index (χ4n) is 1.41. The number of aliphatic hydroxyl groups is 1. The van der Waals surface area contributed by atoms with Crippen LogP contribution in [-0.4, -0.2) is 24.3 Å². The molecule has 0 heterocycles. The van der Waals surface area contributed by atoms with Gasteiger partial charge >= 0.3 is 0 Å². The average Bonchev–Trinajstić information content (AvgIpc) is 2.16. The Morgan fingerprint density at radius 3 is 3.00 bits per heavy atom. The third-order valence-corrected chi connectivity index (χ3v) is 2.34. The van der Waals surface area contributed by atoms with E-state index in [9.17, 15) is 0 Å². The molecule has 0 amide bonds. The molecule has 0 aromatic carbocycles. The molecule has 1 aliphatic rings. The Hall–Kier alpha value is -0.340. The monoisotopic (exact) mass is 169 g/mol. The maximum atomic E-state index is 8.81. The van der Waals surface area contributed by atoms with Crippen molar-refractivity contribution in [2.75, 3.05) is 13.2 Å². The highest BCUT2D eigenvalue weighted by Crippen LogP contribution is 2.10. The summed E-state index contributed by atoms with van der Waals surface area (Å²) in [5, 5.41) is 12.3. The highest BCUT2D eigenvalue weighted by Gasteiger charge is 2.09. The van der Waals surface area contributed by atoms with Crippen molar-refractivity contribution in [2.45, 2.75) is 32.2 Å². The molecule has 2 nitrogen and oxygen atoms in total. The largest absolute Gasteiger partial charge is 0.396 e. The molecule has 0 fully saturated rings. The average molecular weight is 169 g/mol. The number of aliphatic hydroxyl groups excluding tert-OH is 1. The van der Waals surface area contributed by atoms with E-state index < -0.39 is 0 Å². The predicted molar refractivity (Wildman–Crippen MR) is 51.0 cm³/mol. The highest BCUT2D eigenvalue weighted by atomic mass is 16.3. The maximum absolute atomic E-state index is 8.81. The molecule has 2 atom stereocenters. The van der Waals surface area contributed by atoms with Crippen LogP contribution in [0.4, 0.5) is 0 Å². The summed E-state index contributed by atoms with van der Waals surface area (Å²) >= 11 is 0. The van der Waals surface area contributed by atoms with Gasteiger partial charge in [-0.3, -0.25) is 0 Å². The van der Waals surface area contributed by atoms with Gasteiger partial charge in [0.1, 0.15) is 0 Å². The van der Waals surface area contributed by atoms with Crippen molar-refractivity contribution in [2.24, 2.45) is 5.92 Å². The highest BCUT2D eigenvalue weighted by molar-refractivity contribution is 4.92. The SMILES string of the molecule is CC(CO)CNC1CC=CCC1. The van der Waals surface area contributed by atoms with Crippen LogP contribution in [0.2, 0.25) is 0 Å². The second kappa shape index (κ2) is 5.33. The van der Waals surface area contributed by atoms with Crippen molar-refractivity contribution in [1.29, 1.82) is 0 Å². The molecule has 0 aliphatic heterocycles. The molecule has 0 saturated carbocycles. The first-order valence-electron chi connectivity index (χ1n) is 4.82.